The van der Waals surface area contributed by atoms with Crippen molar-refractivity contribution >= 4 is 5.97 Å². The van der Waals surface area contributed by atoms with Crippen molar-refractivity contribution < 1.29 is 19.4 Å². The van der Waals surface area contributed by atoms with E-state index in [1.54, 1.807) is 14.2 Å². The zero-order valence-electron chi connectivity index (χ0n) is 16.9. The number of para-hydroxylation sites is 1. The summed E-state index contributed by atoms with van der Waals surface area (Å²) in [6.45, 7) is 2.86. The molecule has 0 radical (unpaired) electrons. The van der Waals surface area contributed by atoms with Crippen molar-refractivity contribution in [2.45, 2.75) is 44.7 Å². The van der Waals surface area contributed by atoms with Crippen LogP contribution in [0.15, 0.2) is 42.5 Å². The molecule has 1 heterocycles. The van der Waals surface area contributed by atoms with Crippen LogP contribution in [0.2, 0.25) is 0 Å². The molecule has 0 aromatic heterocycles. The summed E-state index contributed by atoms with van der Waals surface area (Å²) in [5.41, 5.74) is 3.25. The van der Waals surface area contributed by atoms with Crippen molar-refractivity contribution in [3.8, 4) is 11.5 Å². The highest BCUT2D eigenvalue weighted by Gasteiger charge is 2.36. The molecular weight excluding hydrogens is 354 g/mol. The average molecular weight is 383 g/mol. The molecule has 0 aliphatic carbocycles. The summed E-state index contributed by atoms with van der Waals surface area (Å²) in [4.78, 5) is 14.1. The zero-order valence-corrected chi connectivity index (χ0v) is 16.9. The summed E-state index contributed by atoms with van der Waals surface area (Å²) in [6.07, 6.45) is 3.55. The van der Waals surface area contributed by atoms with Gasteiger partial charge >= 0.3 is 5.97 Å². The highest BCUT2D eigenvalue weighted by Crippen LogP contribution is 2.42. The van der Waals surface area contributed by atoms with Gasteiger partial charge in [0.1, 0.15) is 6.04 Å². The predicted octanol–water partition coefficient (Wildman–Crippen LogP) is 4.29. The van der Waals surface area contributed by atoms with Crippen LogP contribution in [0.5, 0.6) is 11.5 Å². The topological polar surface area (TPSA) is 59.0 Å². The Kier molecular flexibility index (Phi) is 6.57. The van der Waals surface area contributed by atoms with Crippen LogP contribution in [-0.2, 0) is 11.2 Å². The first-order valence-corrected chi connectivity index (χ1v) is 9.89. The maximum absolute atomic E-state index is 12.0. The Bertz CT molecular complexity index is 803. The molecule has 2 aromatic carbocycles. The third-order valence-corrected chi connectivity index (χ3v) is 5.59. The van der Waals surface area contributed by atoms with Crippen molar-refractivity contribution in [1.29, 1.82) is 0 Å². The number of benzene rings is 2. The molecule has 2 aromatic rings. The Morgan fingerprint density at radius 2 is 1.89 bits per heavy atom. The Morgan fingerprint density at radius 1 is 1.14 bits per heavy atom. The largest absolute Gasteiger partial charge is 0.493 e. The summed E-state index contributed by atoms with van der Waals surface area (Å²) in [7, 11) is 3.25. The van der Waals surface area contributed by atoms with E-state index in [0.717, 1.165) is 36.9 Å². The van der Waals surface area contributed by atoms with Gasteiger partial charge in [-0.15, -0.1) is 0 Å². The monoisotopic (exact) mass is 383 g/mol. The molecule has 1 fully saturated rings. The highest BCUT2D eigenvalue weighted by molar-refractivity contribution is 5.74. The second-order valence-electron chi connectivity index (χ2n) is 7.17. The number of hydrogen-bond acceptors (Lipinski definition) is 4. The van der Waals surface area contributed by atoms with Crippen molar-refractivity contribution in [1.82, 2.24) is 4.90 Å². The number of piperidine rings is 1. The van der Waals surface area contributed by atoms with Gasteiger partial charge in [-0.1, -0.05) is 49.7 Å². The number of carboxylic acid groups (broad SMARTS) is 1. The van der Waals surface area contributed by atoms with Gasteiger partial charge in [-0.05, 0) is 43.0 Å². The number of nitrogens with zero attached hydrogens (tertiary/aromatic N) is 1. The van der Waals surface area contributed by atoms with E-state index in [0.29, 0.717) is 17.9 Å². The fourth-order valence-electron chi connectivity index (χ4n) is 4.14. The second kappa shape index (κ2) is 9.11. The molecular formula is C23H29NO4. The number of carboxylic acids is 1. The first-order valence-electron chi connectivity index (χ1n) is 9.89. The summed E-state index contributed by atoms with van der Waals surface area (Å²) in [5.74, 6) is 0.542. The lowest BCUT2D eigenvalue weighted by molar-refractivity contribution is -0.145. The van der Waals surface area contributed by atoms with E-state index in [1.165, 1.54) is 5.56 Å². The average Bonchev–Trinajstić information content (AvgIpc) is 2.74. The summed E-state index contributed by atoms with van der Waals surface area (Å²) in [6, 6.07) is 13.5. The minimum atomic E-state index is -0.767. The van der Waals surface area contributed by atoms with Gasteiger partial charge in [0.2, 0.25) is 0 Å². The van der Waals surface area contributed by atoms with Crippen molar-refractivity contribution in [3.05, 3.63) is 59.2 Å². The zero-order chi connectivity index (χ0) is 20.1. The first-order chi connectivity index (χ1) is 13.6. The van der Waals surface area contributed by atoms with Crippen molar-refractivity contribution in [2.75, 3.05) is 20.8 Å². The van der Waals surface area contributed by atoms with E-state index >= 15 is 0 Å². The molecule has 1 N–H and O–H groups in total. The lowest BCUT2D eigenvalue weighted by atomic mass is 9.90. The molecule has 1 aliphatic rings. The van der Waals surface area contributed by atoms with E-state index in [4.69, 9.17) is 9.47 Å². The van der Waals surface area contributed by atoms with Crippen LogP contribution < -0.4 is 9.47 Å². The molecule has 3 rings (SSSR count). The molecule has 2 unspecified atom stereocenters. The van der Waals surface area contributed by atoms with Crippen molar-refractivity contribution in [3.63, 3.8) is 0 Å². The molecule has 2 atom stereocenters. The molecule has 0 bridgehead atoms. The van der Waals surface area contributed by atoms with Crippen LogP contribution in [0.1, 0.15) is 48.9 Å². The minimum absolute atomic E-state index is 0.211. The van der Waals surface area contributed by atoms with E-state index in [-0.39, 0.29) is 6.04 Å². The van der Waals surface area contributed by atoms with E-state index in [2.05, 4.69) is 36.1 Å². The van der Waals surface area contributed by atoms with Crippen LogP contribution in [-0.4, -0.2) is 42.8 Å². The molecule has 5 nitrogen and oxygen atoms in total. The SMILES string of the molecule is CCc1ccc(C(c2cccc(OC)c2OC)N2CCCCC2C(=O)O)cc1. The second-order valence-corrected chi connectivity index (χ2v) is 7.17. The number of hydrogen-bond donors (Lipinski definition) is 1. The number of likely N-dealkylation sites (tertiary alicyclic amines) is 1. The van der Waals surface area contributed by atoms with Gasteiger partial charge in [0.25, 0.3) is 0 Å². The highest BCUT2D eigenvalue weighted by atomic mass is 16.5. The van der Waals surface area contributed by atoms with Crippen LogP contribution in [0.3, 0.4) is 0 Å². The summed E-state index contributed by atoms with van der Waals surface area (Å²) >= 11 is 0. The molecule has 0 saturated carbocycles. The van der Waals surface area contributed by atoms with Gasteiger partial charge in [0, 0.05) is 5.56 Å². The Balaban J connectivity index is 2.15. The quantitative estimate of drug-likeness (QED) is 0.773. The molecule has 5 heteroatoms. The first kappa shape index (κ1) is 20.2. The number of methoxy groups -OCH3 is 2. The van der Waals surface area contributed by atoms with Gasteiger partial charge < -0.3 is 14.6 Å². The number of carbonyl (C=O) groups is 1. The number of ether oxygens (including phenoxy) is 2. The molecule has 150 valence electrons. The fraction of sp³-hybridized carbons (Fsp3) is 0.435. The third kappa shape index (κ3) is 3.99. The van der Waals surface area contributed by atoms with Crippen LogP contribution >= 0.6 is 0 Å². The summed E-state index contributed by atoms with van der Waals surface area (Å²) < 4.78 is 11.2. The smallest absolute Gasteiger partial charge is 0.320 e. The van der Waals surface area contributed by atoms with E-state index in [9.17, 15) is 9.90 Å². The van der Waals surface area contributed by atoms with Gasteiger partial charge in [0.05, 0.1) is 20.3 Å². The Hall–Kier alpha value is -2.53. The van der Waals surface area contributed by atoms with Crippen LogP contribution in [0, 0.1) is 0 Å². The third-order valence-electron chi connectivity index (χ3n) is 5.59. The van der Waals surface area contributed by atoms with Gasteiger partial charge in [-0.25, -0.2) is 0 Å². The number of aryl methyl sites for hydroxylation is 1. The van der Waals surface area contributed by atoms with E-state index in [1.807, 2.05) is 18.2 Å². The van der Waals surface area contributed by atoms with Crippen LogP contribution in [0.4, 0.5) is 0 Å². The van der Waals surface area contributed by atoms with E-state index < -0.39 is 12.0 Å². The minimum Gasteiger partial charge on any atom is -0.493 e. The predicted molar refractivity (Wildman–Crippen MR) is 109 cm³/mol. The van der Waals surface area contributed by atoms with Crippen molar-refractivity contribution in [2.24, 2.45) is 0 Å². The molecule has 0 amide bonds. The molecule has 28 heavy (non-hydrogen) atoms. The number of rotatable bonds is 7. The molecule has 1 aliphatic heterocycles. The van der Waals surface area contributed by atoms with Gasteiger partial charge in [-0.3, -0.25) is 9.69 Å². The molecule has 1 saturated heterocycles. The summed E-state index contributed by atoms with van der Waals surface area (Å²) in [5, 5.41) is 9.86. The maximum Gasteiger partial charge on any atom is 0.320 e. The fourth-order valence-corrected chi connectivity index (χ4v) is 4.14. The van der Waals surface area contributed by atoms with Gasteiger partial charge in [-0.2, -0.15) is 0 Å². The maximum atomic E-state index is 12.0. The molecule has 0 spiro atoms. The lowest BCUT2D eigenvalue weighted by Gasteiger charge is -2.40. The normalized spacial score (nSPS) is 18.5. The number of aliphatic carboxylic acids is 1. The Morgan fingerprint density at radius 3 is 2.50 bits per heavy atom. The Labute approximate surface area is 166 Å². The standard InChI is InChI=1S/C23H29NO4/c1-4-16-11-13-17(14-12-16)21(24-15-6-5-9-19(24)23(25)26)18-8-7-10-20(27-2)22(18)28-3/h7-8,10-14,19,21H,4-6,9,15H2,1-3H3,(H,25,26). The lowest BCUT2D eigenvalue weighted by Crippen LogP contribution is -2.46. The van der Waals surface area contributed by atoms with Crippen LogP contribution in [0.25, 0.3) is 0 Å². The van der Waals surface area contributed by atoms with Gasteiger partial charge in [0.15, 0.2) is 11.5 Å².